The summed E-state index contributed by atoms with van der Waals surface area (Å²) in [5.41, 5.74) is 7.35. The van der Waals surface area contributed by atoms with Gasteiger partial charge in [0.15, 0.2) is 0 Å². The number of hydrogen-bond donors (Lipinski definition) is 2. The van der Waals surface area contributed by atoms with Crippen LogP contribution in [0.2, 0.25) is 10.0 Å². The molecule has 186 valence electrons. The zero-order chi connectivity index (χ0) is 25.9. The highest BCUT2D eigenvalue weighted by molar-refractivity contribution is 6.42. The Hall–Kier alpha value is -3.74. The lowest BCUT2D eigenvalue weighted by atomic mass is 9.85. The van der Waals surface area contributed by atoms with Crippen molar-refractivity contribution in [3.8, 4) is 11.3 Å². The second kappa shape index (κ2) is 10.7. The molecule has 1 heterocycles. The molecule has 0 unspecified atom stereocenters. The second-order valence-electron chi connectivity index (χ2n) is 9.03. The monoisotopic (exact) mass is 530 g/mol. The number of nitrogens with one attached hydrogen (secondary N) is 2. The number of fused-ring (bicyclic) bond motifs is 1. The highest BCUT2D eigenvalue weighted by Crippen LogP contribution is 2.30. The van der Waals surface area contributed by atoms with Crippen LogP contribution in [0.15, 0.2) is 77.9 Å². The van der Waals surface area contributed by atoms with E-state index in [1.807, 2.05) is 61.5 Å². The van der Waals surface area contributed by atoms with Gasteiger partial charge in [0.25, 0.3) is 5.91 Å². The summed E-state index contributed by atoms with van der Waals surface area (Å²) in [7, 11) is 0. The van der Waals surface area contributed by atoms with Gasteiger partial charge in [-0.3, -0.25) is 9.59 Å². The first-order valence-corrected chi connectivity index (χ1v) is 12.8. The molecule has 1 saturated carbocycles. The molecule has 8 heteroatoms. The molecule has 6 nitrogen and oxygen atoms in total. The van der Waals surface area contributed by atoms with Gasteiger partial charge in [-0.05, 0) is 61.7 Å². The summed E-state index contributed by atoms with van der Waals surface area (Å²) in [5, 5.41) is 8.84. The van der Waals surface area contributed by atoms with Crippen LogP contribution < -0.4 is 10.7 Å². The maximum absolute atomic E-state index is 13.2. The first-order chi connectivity index (χ1) is 17.9. The number of aromatic nitrogens is 1. The Morgan fingerprint density at radius 2 is 1.70 bits per heavy atom. The lowest BCUT2D eigenvalue weighted by Gasteiger charge is -2.24. The number of hydrazone groups is 1. The Balaban J connectivity index is 1.36. The minimum atomic E-state index is -0.358. The van der Waals surface area contributed by atoms with E-state index < -0.39 is 0 Å². The second-order valence-corrected chi connectivity index (χ2v) is 9.85. The van der Waals surface area contributed by atoms with Crippen molar-refractivity contribution in [2.24, 2.45) is 11.0 Å². The molecule has 0 aliphatic heterocycles. The summed E-state index contributed by atoms with van der Waals surface area (Å²) >= 11 is 12.3. The molecule has 2 amide bonds. The summed E-state index contributed by atoms with van der Waals surface area (Å²) in [6, 6.07) is 21.8. The number of amides is 2. The zero-order valence-electron chi connectivity index (χ0n) is 20.1. The first-order valence-electron chi connectivity index (χ1n) is 12.0. The quantitative estimate of drug-likeness (QED) is 0.206. The van der Waals surface area contributed by atoms with Gasteiger partial charge in [-0.2, -0.15) is 5.10 Å². The Labute approximate surface area is 224 Å². The van der Waals surface area contributed by atoms with Crippen LogP contribution in [-0.2, 0) is 4.79 Å². The third-order valence-corrected chi connectivity index (χ3v) is 7.29. The van der Waals surface area contributed by atoms with Crippen molar-refractivity contribution in [1.82, 2.24) is 10.4 Å². The maximum Gasteiger partial charge on any atom is 0.272 e. The summed E-state index contributed by atoms with van der Waals surface area (Å²) in [5.74, 6) is -0.162. The van der Waals surface area contributed by atoms with Gasteiger partial charge in [-0.25, -0.2) is 10.4 Å². The molecule has 0 spiro atoms. The van der Waals surface area contributed by atoms with Gasteiger partial charge in [0.05, 0.1) is 32.5 Å². The third kappa shape index (κ3) is 5.50. The van der Waals surface area contributed by atoms with Crippen LogP contribution >= 0.6 is 23.2 Å². The molecular formula is C29H24Cl2N4O2. The minimum absolute atomic E-state index is 0.0708. The largest absolute Gasteiger partial charge is 0.326 e. The summed E-state index contributed by atoms with van der Waals surface area (Å²) < 4.78 is 0. The number of halogens is 2. The Morgan fingerprint density at radius 3 is 2.41 bits per heavy atom. The molecule has 0 bridgehead atoms. The molecule has 3 aromatic carbocycles. The fourth-order valence-electron chi connectivity index (χ4n) is 4.14. The summed E-state index contributed by atoms with van der Waals surface area (Å²) in [6.07, 6.45) is 3.03. The van der Waals surface area contributed by atoms with E-state index in [1.165, 1.54) is 0 Å². The fourth-order valence-corrected chi connectivity index (χ4v) is 4.43. The Kier molecular flexibility index (Phi) is 7.22. The number of benzene rings is 3. The van der Waals surface area contributed by atoms with E-state index in [4.69, 9.17) is 28.2 Å². The van der Waals surface area contributed by atoms with Crippen molar-refractivity contribution in [3.63, 3.8) is 0 Å². The minimum Gasteiger partial charge on any atom is -0.326 e. The SMILES string of the molecule is C/C(=N\NC(=O)c1cc(-c2ccc(Cl)c(Cl)c2)nc2ccccc12)c1ccc(NC(=O)C2CCC2)cc1. The van der Waals surface area contributed by atoms with Gasteiger partial charge >= 0.3 is 0 Å². The number of hydrogen-bond acceptors (Lipinski definition) is 4. The fraction of sp³-hybridized carbons (Fsp3) is 0.172. The Morgan fingerprint density at radius 1 is 0.946 bits per heavy atom. The van der Waals surface area contributed by atoms with Crippen LogP contribution in [0.1, 0.15) is 42.1 Å². The van der Waals surface area contributed by atoms with Gasteiger partial charge in [-0.1, -0.05) is 66.0 Å². The molecule has 0 radical (unpaired) electrons. The van der Waals surface area contributed by atoms with Gasteiger partial charge in [-0.15, -0.1) is 0 Å². The topological polar surface area (TPSA) is 83.4 Å². The van der Waals surface area contributed by atoms with Crippen LogP contribution in [0.25, 0.3) is 22.2 Å². The average Bonchev–Trinajstić information content (AvgIpc) is 2.87. The van der Waals surface area contributed by atoms with E-state index in [0.29, 0.717) is 37.9 Å². The van der Waals surface area contributed by atoms with E-state index in [2.05, 4.69) is 15.8 Å². The highest BCUT2D eigenvalue weighted by atomic mass is 35.5. The van der Waals surface area contributed by atoms with Crippen LogP contribution in [-0.4, -0.2) is 22.5 Å². The highest BCUT2D eigenvalue weighted by Gasteiger charge is 2.25. The number of carbonyl (C=O) groups is 2. The number of rotatable bonds is 6. The average molecular weight is 531 g/mol. The van der Waals surface area contributed by atoms with Crippen LogP contribution in [0.5, 0.6) is 0 Å². The summed E-state index contributed by atoms with van der Waals surface area (Å²) in [6.45, 7) is 1.81. The number of para-hydroxylation sites is 1. The molecule has 1 aliphatic carbocycles. The number of nitrogens with zero attached hydrogens (tertiary/aromatic N) is 2. The van der Waals surface area contributed by atoms with Crippen molar-refractivity contribution in [3.05, 3.63) is 94.0 Å². The van der Waals surface area contributed by atoms with E-state index in [0.717, 1.165) is 36.1 Å². The Bertz CT molecular complexity index is 1530. The zero-order valence-corrected chi connectivity index (χ0v) is 21.6. The van der Waals surface area contributed by atoms with Crippen LogP contribution in [0.4, 0.5) is 5.69 Å². The van der Waals surface area contributed by atoms with Crippen molar-refractivity contribution in [1.29, 1.82) is 0 Å². The van der Waals surface area contributed by atoms with Gasteiger partial charge in [0.2, 0.25) is 5.91 Å². The van der Waals surface area contributed by atoms with Gasteiger partial charge in [0.1, 0.15) is 0 Å². The molecule has 2 N–H and O–H groups in total. The number of anilines is 1. The lowest BCUT2D eigenvalue weighted by molar-refractivity contribution is -0.122. The van der Waals surface area contributed by atoms with Gasteiger partial charge in [0, 0.05) is 22.6 Å². The van der Waals surface area contributed by atoms with E-state index in [-0.39, 0.29) is 17.7 Å². The standard InChI is InChI=1S/C29H24Cl2N4O2/c1-17(18-9-12-21(13-10-18)32-28(36)19-5-4-6-19)34-35-29(37)23-16-27(20-11-14-24(30)25(31)15-20)33-26-8-3-2-7-22(23)26/h2-3,7-16,19H,4-6H2,1H3,(H,32,36)(H,35,37)/b34-17+. The lowest BCUT2D eigenvalue weighted by Crippen LogP contribution is -2.28. The molecule has 5 rings (SSSR count). The van der Waals surface area contributed by atoms with Crippen molar-refractivity contribution in [2.75, 3.05) is 5.32 Å². The predicted octanol–water partition coefficient (Wildman–Crippen LogP) is 7.10. The number of pyridine rings is 1. The van der Waals surface area contributed by atoms with E-state index in [9.17, 15) is 9.59 Å². The molecule has 1 aliphatic rings. The smallest absolute Gasteiger partial charge is 0.272 e. The summed E-state index contributed by atoms with van der Waals surface area (Å²) in [4.78, 5) is 30.1. The third-order valence-electron chi connectivity index (χ3n) is 6.55. The molecule has 4 aromatic rings. The predicted molar refractivity (Wildman–Crippen MR) is 149 cm³/mol. The van der Waals surface area contributed by atoms with E-state index >= 15 is 0 Å². The van der Waals surface area contributed by atoms with Gasteiger partial charge < -0.3 is 5.32 Å². The van der Waals surface area contributed by atoms with Crippen LogP contribution in [0.3, 0.4) is 0 Å². The normalized spacial score (nSPS) is 13.8. The van der Waals surface area contributed by atoms with Crippen molar-refractivity contribution >= 4 is 57.3 Å². The molecular weight excluding hydrogens is 507 g/mol. The van der Waals surface area contributed by atoms with Crippen molar-refractivity contribution in [2.45, 2.75) is 26.2 Å². The first kappa shape index (κ1) is 24.9. The molecule has 1 fully saturated rings. The molecule has 37 heavy (non-hydrogen) atoms. The number of carbonyl (C=O) groups excluding carboxylic acids is 2. The van der Waals surface area contributed by atoms with Crippen molar-refractivity contribution < 1.29 is 9.59 Å². The van der Waals surface area contributed by atoms with Crippen LogP contribution in [0, 0.1) is 5.92 Å². The molecule has 0 saturated heterocycles. The molecule has 1 aromatic heterocycles. The van der Waals surface area contributed by atoms with E-state index in [1.54, 1.807) is 18.2 Å². The maximum atomic E-state index is 13.2. The molecule has 0 atom stereocenters.